The van der Waals surface area contributed by atoms with E-state index in [-0.39, 0.29) is 13.2 Å². The minimum atomic E-state index is -0.637. The van der Waals surface area contributed by atoms with Gasteiger partial charge in [-0.1, -0.05) is 57.9 Å². The van der Waals surface area contributed by atoms with E-state index in [1.165, 1.54) is 6.21 Å². The Morgan fingerprint density at radius 2 is 1.86 bits per heavy atom. The van der Waals surface area contributed by atoms with E-state index in [9.17, 15) is 9.59 Å². The zero-order valence-electron chi connectivity index (χ0n) is 23.1. The summed E-state index contributed by atoms with van der Waals surface area (Å²) in [6.07, 6.45) is 1.44. The molecular formula is C30H27Br2ClN4O5S. The minimum Gasteiger partial charge on any atom is -0.487 e. The van der Waals surface area contributed by atoms with Crippen LogP contribution in [0.3, 0.4) is 0 Å². The zero-order valence-corrected chi connectivity index (χ0v) is 27.8. The van der Waals surface area contributed by atoms with Crippen LogP contribution < -0.4 is 25.5 Å². The van der Waals surface area contributed by atoms with E-state index >= 15 is 0 Å². The summed E-state index contributed by atoms with van der Waals surface area (Å²) in [5.74, 6) is -0.0812. The van der Waals surface area contributed by atoms with Crippen molar-refractivity contribution in [1.29, 1.82) is 0 Å². The van der Waals surface area contributed by atoms with Gasteiger partial charge in [-0.05, 0) is 77.9 Å². The first-order valence-corrected chi connectivity index (χ1v) is 15.4. The maximum atomic E-state index is 12.8. The smallest absolute Gasteiger partial charge is 0.338 e. The van der Waals surface area contributed by atoms with Gasteiger partial charge in [0.05, 0.1) is 28.9 Å². The van der Waals surface area contributed by atoms with E-state index in [1.54, 1.807) is 50.2 Å². The standard InChI is InChI=1S/C30H27Br2ClN4O5S/c1-3-40-29(39)26-17(2)35-30(43)36-27(26)22-6-4-5-7-24(22)41-16-25(38)37-34-14-19-12-21(33)13-23(32)28(19)42-15-18-8-10-20(31)11-9-18/h4-14,27H,3,15-16H2,1-2H3,(H,37,38)(H2,35,36,43)/t27-/m1/s1. The summed E-state index contributed by atoms with van der Waals surface area (Å²) in [5.41, 5.74) is 5.54. The number of carbonyl (C=O) groups is 2. The molecule has 0 bridgehead atoms. The van der Waals surface area contributed by atoms with Gasteiger partial charge in [-0.25, -0.2) is 10.2 Å². The molecule has 0 radical (unpaired) electrons. The molecule has 0 saturated heterocycles. The molecule has 224 valence electrons. The van der Waals surface area contributed by atoms with Crippen molar-refractivity contribution in [2.24, 2.45) is 5.10 Å². The fourth-order valence-electron chi connectivity index (χ4n) is 4.17. The molecular weight excluding hydrogens is 724 g/mol. The third kappa shape index (κ3) is 8.79. The monoisotopic (exact) mass is 748 g/mol. The van der Waals surface area contributed by atoms with Crippen LogP contribution in [0.2, 0.25) is 5.02 Å². The maximum absolute atomic E-state index is 12.8. The summed E-state index contributed by atoms with van der Waals surface area (Å²) < 4.78 is 18.8. The van der Waals surface area contributed by atoms with Crippen LogP contribution in [0.4, 0.5) is 0 Å². The number of nitrogens with one attached hydrogen (secondary N) is 3. The van der Waals surface area contributed by atoms with Crippen LogP contribution in [0, 0.1) is 0 Å². The van der Waals surface area contributed by atoms with Gasteiger partial charge < -0.3 is 24.8 Å². The Hall–Kier alpha value is -3.45. The van der Waals surface area contributed by atoms with Gasteiger partial charge in [-0.3, -0.25) is 4.79 Å². The van der Waals surface area contributed by atoms with Crippen molar-refractivity contribution < 1.29 is 23.8 Å². The van der Waals surface area contributed by atoms with E-state index in [4.69, 9.17) is 38.0 Å². The number of thiocarbonyl (C=S) groups is 1. The number of carbonyl (C=O) groups excluding carboxylic acids is 2. The number of benzene rings is 3. The lowest BCUT2D eigenvalue weighted by molar-refractivity contribution is -0.139. The SMILES string of the molecule is CCOC(=O)C1=C(C)NC(=S)N[C@@H]1c1ccccc1OCC(=O)NN=Cc1cc(Cl)cc(Br)c1OCc1ccc(Br)cc1. The summed E-state index contributed by atoms with van der Waals surface area (Å²) >= 11 is 18.5. The molecule has 0 spiro atoms. The van der Waals surface area contributed by atoms with Crippen LogP contribution in [-0.4, -0.2) is 36.4 Å². The minimum absolute atomic E-state index is 0.219. The summed E-state index contributed by atoms with van der Waals surface area (Å²) in [5, 5.41) is 11.0. The van der Waals surface area contributed by atoms with Crippen molar-refractivity contribution in [2.45, 2.75) is 26.5 Å². The Morgan fingerprint density at radius 1 is 1.12 bits per heavy atom. The van der Waals surface area contributed by atoms with Gasteiger partial charge in [0, 0.05) is 26.3 Å². The first kappa shape index (κ1) is 32.5. The van der Waals surface area contributed by atoms with E-state index in [2.05, 4.69) is 53.0 Å². The van der Waals surface area contributed by atoms with E-state index < -0.39 is 17.9 Å². The number of halogens is 3. The molecule has 9 nitrogen and oxygen atoms in total. The summed E-state index contributed by atoms with van der Waals surface area (Å²) in [7, 11) is 0. The lowest BCUT2D eigenvalue weighted by Crippen LogP contribution is -2.45. The number of rotatable bonds is 11. The molecule has 0 unspecified atom stereocenters. The Morgan fingerprint density at radius 3 is 2.60 bits per heavy atom. The number of hydrogen-bond acceptors (Lipinski definition) is 7. The summed E-state index contributed by atoms with van der Waals surface area (Å²) in [4.78, 5) is 25.4. The van der Waals surface area contributed by atoms with Crippen molar-refractivity contribution in [3.8, 4) is 11.5 Å². The topological polar surface area (TPSA) is 110 Å². The quantitative estimate of drug-likeness (QED) is 0.0904. The highest BCUT2D eigenvalue weighted by molar-refractivity contribution is 9.10. The predicted molar refractivity (Wildman–Crippen MR) is 176 cm³/mol. The predicted octanol–water partition coefficient (Wildman–Crippen LogP) is 6.33. The fourth-order valence-corrected chi connectivity index (χ4v) is 5.65. The molecule has 0 aromatic heterocycles. The maximum Gasteiger partial charge on any atom is 0.338 e. The molecule has 1 amide bonds. The number of para-hydroxylation sites is 1. The van der Waals surface area contributed by atoms with Gasteiger partial charge in [0.15, 0.2) is 11.7 Å². The van der Waals surface area contributed by atoms with Gasteiger partial charge in [0.25, 0.3) is 5.91 Å². The molecule has 0 aliphatic carbocycles. The highest BCUT2D eigenvalue weighted by atomic mass is 79.9. The molecule has 13 heteroatoms. The Balaban J connectivity index is 1.43. The van der Waals surface area contributed by atoms with E-state index in [0.717, 1.165) is 10.0 Å². The van der Waals surface area contributed by atoms with Crippen molar-refractivity contribution in [1.82, 2.24) is 16.1 Å². The third-order valence-corrected chi connectivity index (χ3v) is 7.64. The first-order valence-electron chi connectivity index (χ1n) is 13.0. The second-order valence-corrected chi connectivity index (χ2v) is 11.7. The Labute approximate surface area is 276 Å². The van der Waals surface area contributed by atoms with Gasteiger partial charge >= 0.3 is 5.97 Å². The molecule has 0 fully saturated rings. The number of amides is 1. The third-order valence-electron chi connectivity index (χ3n) is 6.08. The molecule has 4 rings (SSSR count). The zero-order chi connectivity index (χ0) is 30.9. The lowest BCUT2D eigenvalue weighted by atomic mass is 9.95. The number of allylic oxidation sites excluding steroid dienone is 1. The van der Waals surface area contributed by atoms with Crippen LogP contribution in [0.5, 0.6) is 11.5 Å². The van der Waals surface area contributed by atoms with Gasteiger partial charge in [0.2, 0.25) is 0 Å². The van der Waals surface area contributed by atoms with Crippen LogP contribution in [0.15, 0.2) is 86.0 Å². The molecule has 43 heavy (non-hydrogen) atoms. The highest BCUT2D eigenvalue weighted by Gasteiger charge is 2.32. The molecule has 1 aliphatic heterocycles. The largest absolute Gasteiger partial charge is 0.487 e. The van der Waals surface area contributed by atoms with Crippen LogP contribution in [-0.2, 0) is 20.9 Å². The molecule has 1 heterocycles. The molecule has 1 atom stereocenters. The van der Waals surface area contributed by atoms with E-state index in [1.807, 2.05) is 24.3 Å². The number of ether oxygens (including phenoxy) is 3. The lowest BCUT2D eigenvalue weighted by Gasteiger charge is -2.30. The number of hydrazone groups is 1. The summed E-state index contributed by atoms with van der Waals surface area (Å²) in [6, 6.07) is 17.6. The Bertz CT molecular complexity index is 1580. The van der Waals surface area contributed by atoms with Crippen molar-refractivity contribution in [3.63, 3.8) is 0 Å². The van der Waals surface area contributed by atoms with E-state index in [0.29, 0.717) is 55.1 Å². The van der Waals surface area contributed by atoms with Crippen LogP contribution in [0.25, 0.3) is 0 Å². The van der Waals surface area contributed by atoms with Crippen molar-refractivity contribution >= 4 is 78.9 Å². The number of nitrogens with zero attached hydrogens (tertiary/aromatic N) is 1. The van der Waals surface area contributed by atoms with Gasteiger partial charge in [0.1, 0.15) is 18.1 Å². The molecule has 3 aromatic carbocycles. The fraction of sp³-hybridized carbons (Fsp3) is 0.200. The highest BCUT2D eigenvalue weighted by Crippen LogP contribution is 2.34. The van der Waals surface area contributed by atoms with Crippen LogP contribution >= 0.6 is 55.7 Å². The van der Waals surface area contributed by atoms with Crippen molar-refractivity contribution in [3.05, 3.63) is 103 Å². The average Bonchev–Trinajstić information content (AvgIpc) is 2.96. The van der Waals surface area contributed by atoms with Gasteiger partial charge in [-0.2, -0.15) is 5.10 Å². The second-order valence-electron chi connectivity index (χ2n) is 9.13. The summed E-state index contributed by atoms with van der Waals surface area (Å²) in [6.45, 7) is 3.68. The van der Waals surface area contributed by atoms with Crippen LogP contribution in [0.1, 0.15) is 36.6 Å². The van der Waals surface area contributed by atoms with Crippen molar-refractivity contribution in [2.75, 3.05) is 13.2 Å². The Kier molecular flexibility index (Phi) is 11.6. The number of hydrogen-bond donors (Lipinski definition) is 3. The van der Waals surface area contributed by atoms with Gasteiger partial charge in [-0.15, -0.1) is 0 Å². The average molecular weight is 751 g/mol. The molecule has 3 aromatic rings. The molecule has 3 N–H and O–H groups in total. The molecule has 1 aliphatic rings. The first-order chi connectivity index (χ1) is 20.7. The second kappa shape index (κ2) is 15.3. The molecule has 0 saturated carbocycles. The normalized spacial score (nSPS) is 14.6. The number of esters is 1.